The Labute approximate surface area is 67.3 Å². The van der Waals surface area contributed by atoms with Crippen molar-refractivity contribution in [1.29, 1.82) is 0 Å². The fourth-order valence-corrected chi connectivity index (χ4v) is 0.834. The highest BCUT2D eigenvalue weighted by Gasteiger charge is 2.17. The van der Waals surface area contributed by atoms with Gasteiger partial charge in [-0.3, -0.25) is 10.1 Å². The van der Waals surface area contributed by atoms with E-state index in [1.165, 1.54) is 0 Å². The SMILES string of the molecule is C#CCNC(C(N)=O)C(C)C. The van der Waals surface area contributed by atoms with Crippen molar-refractivity contribution in [3.05, 3.63) is 0 Å². The first-order chi connectivity index (χ1) is 5.09. The van der Waals surface area contributed by atoms with Crippen molar-refractivity contribution in [1.82, 2.24) is 5.32 Å². The van der Waals surface area contributed by atoms with Crippen LogP contribution in [0.4, 0.5) is 0 Å². The third-order valence-electron chi connectivity index (χ3n) is 1.40. The van der Waals surface area contributed by atoms with Crippen LogP contribution in [0.15, 0.2) is 0 Å². The molecule has 0 saturated heterocycles. The molecule has 0 heterocycles. The highest BCUT2D eigenvalue weighted by atomic mass is 16.1. The lowest BCUT2D eigenvalue weighted by molar-refractivity contribution is -0.120. The molecule has 62 valence electrons. The normalized spacial score (nSPS) is 12.5. The molecule has 0 bridgehead atoms. The predicted molar refractivity (Wildman–Crippen MR) is 44.7 cm³/mol. The lowest BCUT2D eigenvalue weighted by atomic mass is 10.0. The number of rotatable bonds is 4. The van der Waals surface area contributed by atoms with Crippen LogP contribution in [0.25, 0.3) is 0 Å². The van der Waals surface area contributed by atoms with E-state index in [1.807, 2.05) is 13.8 Å². The molecule has 1 atom stereocenters. The largest absolute Gasteiger partial charge is 0.368 e. The van der Waals surface area contributed by atoms with Crippen LogP contribution in [0.3, 0.4) is 0 Å². The molecule has 0 rings (SSSR count). The number of nitrogens with two attached hydrogens (primary N) is 1. The fourth-order valence-electron chi connectivity index (χ4n) is 0.834. The highest BCUT2D eigenvalue weighted by Crippen LogP contribution is 1.99. The van der Waals surface area contributed by atoms with Crippen LogP contribution >= 0.6 is 0 Å². The second-order valence-electron chi connectivity index (χ2n) is 2.71. The maximum Gasteiger partial charge on any atom is 0.234 e. The van der Waals surface area contributed by atoms with Crippen molar-refractivity contribution < 1.29 is 4.79 Å². The molecule has 1 unspecified atom stereocenters. The van der Waals surface area contributed by atoms with Gasteiger partial charge in [0.1, 0.15) is 0 Å². The Morgan fingerprint density at radius 1 is 1.73 bits per heavy atom. The number of hydrogen-bond donors (Lipinski definition) is 2. The zero-order chi connectivity index (χ0) is 8.85. The molecular formula is C8H14N2O. The second-order valence-corrected chi connectivity index (χ2v) is 2.71. The molecule has 0 aliphatic carbocycles. The Morgan fingerprint density at radius 3 is 2.55 bits per heavy atom. The van der Waals surface area contributed by atoms with Gasteiger partial charge in [0.25, 0.3) is 0 Å². The lowest BCUT2D eigenvalue weighted by Crippen LogP contribution is -2.45. The van der Waals surface area contributed by atoms with Crippen LogP contribution in [-0.4, -0.2) is 18.5 Å². The second kappa shape index (κ2) is 4.75. The molecule has 0 aromatic heterocycles. The molecular weight excluding hydrogens is 140 g/mol. The van der Waals surface area contributed by atoms with Gasteiger partial charge in [0.2, 0.25) is 5.91 Å². The van der Waals surface area contributed by atoms with Crippen molar-refractivity contribution in [2.75, 3.05) is 6.54 Å². The summed E-state index contributed by atoms with van der Waals surface area (Å²) in [5.41, 5.74) is 5.11. The average molecular weight is 154 g/mol. The van der Waals surface area contributed by atoms with Crippen LogP contribution in [0.2, 0.25) is 0 Å². The first kappa shape index (κ1) is 9.99. The van der Waals surface area contributed by atoms with Gasteiger partial charge >= 0.3 is 0 Å². The lowest BCUT2D eigenvalue weighted by Gasteiger charge is -2.16. The highest BCUT2D eigenvalue weighted by molar-refractivity contribution is 5.80. The van der Waals surface area contributed by atoms with Crippen molar-refractivity contribution >= 4 is 5.91 Å². The summed E-state index contributed by atoms with van der Waals surface area (Å²) in [6, 6.07) is -0.314. The zero-order valence-corrected chi connectivity index (χ0v) is 6.92. The summed E-state index contributed by atoms with van der Waals surface area (Å²) in [6.45, 7) is 4.21. The molecule has 11 heavy (non-hydrogen) atoms. The summed E-state index contributed by atoms with van der Waals surface area (Å²) in [4.78, 5) is 10.7. The van der Waals surface area contributed by atoms with E-state index in [0.717, 1.165) is 0 Å². The maximum absolute atomic E-state index is 10.7. The summed E-state index contributed by atoms with van der Waals surface area (Å²) in [5, 5.41) is 2.86. The standard InChI is InChI=1S/C8H14N2O/c1-4-5-10-7(6(2)3)8(9)11/h1,6-7,10H,5H2,2-3H3,(H2,9,11). The van der Waals surface area contributed by atoms with E-state index in [4.69, 9.17) is 12.2 Å². The van der Waals surface area contributed by atoms with Crippen molar-refractivity contribution in [2.24, 2.45) is 11.7 Å². The van der Waals surface area contributed by atoms with Crippen LogP contribution < -0.4 is 11.1 Å². The van der Waals surface area contributed by atoms with Gasteiger partial charge in [0, 0.05) is 0 Å². The van der Waals surface area contributed by atoms with Gasteiger partial charge in [-0.05, 0) is 5.92 Å². The predicted octanol–water partition coefficient (Wildman–Crippen LogP) is -0.281. The van der Waals surface area contributed by atoms with Gasteiger partial charge < -0.3 is 5.73 Å². The van der Waals surface area contributed by atoms with Gasteiger partial charge in [-0.15, -0.1) is 6.42 Å². The third kappa shape index (κ3) is 3.64. The number of terminal acetylenes is 1. The topological polar surface area (TPSA) is 55.1 Å². The summed E-state index contributed by atoms with van der Waals surface area (Å²) in [7, 11) is 0. The number of primary amides is 1. The first-order valence-electron chi connectivity index (χ1n) is 3.55. The molecule has 0 aliphatic heterocycles. The van der Waals surface area contributed by atoms with Crippen molar-refractivity contribution in [2.45, 2.75) is 19.9 Å². The Kier molecular flexibility index (Phi) is 4.32. The smallest absolute Gasteiger partial charge is 0.234 e. The molecule has 3 nitrogen and oxygen atoms in total. The van der Waals surface area contributed by atoms with Crippen molar-refractivity contribution in [3.63, 3.8) is 0 Å². The molecule has 1 amide bonds. The molecule has 0 radical (unpaired) electrons. The van der Waals surface area contributed by atoms with Crippen molar-refractivity contribution in [3.8, 4) is 12.3 Å². The van der Waals surface area contributed by atoms with Crippen LogP contribution in [0.1, 0.15) is 13.8 Å². The monoisotopic (exact) mass is 154 g/mol. The summed E-state index contributed by atoms with van der Waals surface area (Å²) < 4.78 is 0. The number of nitrogens with one attached hydrogen (secondary N) is 1. The van der Waals surface area contributed by atoms with Gasteiger partial charge in [-0.2, -0.15) is 0 Å². The van der Waals surface area contributed by atoms with Crippen LogP contribution in [-0.2, 0) is 4.79 Å². The molecule has 0 aromatic rings. The number of carbonyl (C=O) groups excluding carboxylic acids is 1. The Balaban J connectivity index is 3.92. The van der Waals surface area contributed by atoms with E-state index in [9.17, 15) is 4.79 Å². The quantitative estimate of drug-likeness (QED) is 0.547. The Morgan fingerprint density at radius 2 is 2.27 bits per heavy atom. The van der Waals surface area contributed by atoms with E-state index in [2.05, 4.69) is 11.2 Å². The molecule has 0 spiro atoms. The molecule has 0 saturated carbocycles. The molecule has 0 aromatic carbocycles. The molecule has 0 aliphatic rings. The van der Waals surface area contributed by atoms with Crippen LogP contribution in [0, 0.1) is 18.3 Å². The number of amides is 1. The minimum Gasteiger partial charge on any atom is -0.368 e. The van der Waals surface area contributed by atoms with Gasteiger partial charge in [-0.1, -0.05) is 19.8 Å². The molecule has 3 heteroatoms. The van der Waals surface area contributed by atoms with E-state index in [1.54, 1.807) is 0 Å². The van der Waals surface area contributed by atoms with E-state index < -0.39 is 0 Å². The summed E-state index contributed by atoms with van der Waals surface area (Å²) in [5.74, 6) is 2.22. The molecule has 0 fully saturated rings. The third-order valence-corrected chi connectivity index (χ3v) is 1.40. The minimum absolute atomic E-state index is 0.181. The minimum atomic E-state index is -0.352. The first-order valence-corrected chi connectivity index (χ1v) is 3.55. The summed E-state index contributed by atoms with van der Waals surface area (Å²) in [6.07, 6.45) is 5.01. The zero-order valence-electron chi connectivity index (χ0n) is 6.92. The molecule has 3 N–H and O–H groups in total. The maximum atomic E-state index is 10.7. The van der Waals surface area contributed by atoms with Crippen LogP contribution in [0.5, 0.6) is 0 Å². The number of carbonyl (C=O) groups is 1. The van der Waals surface area contributed by atoms with E-state index >= 15 is 0 Å². The average Bonchev–Trinajstić information content (AvgIpc) is 1.87. The van der Waals surface area contributed by atoms with E-state index in [-0.39, 0.29) is 17.9 Å². The Hall–Kier alpha value is -1.01. The van der Waals surface area contributed by atoms with E-state index in [0.29, 0.717) is 6.54 Å². The van der Waals surface area contributed by atoms with Gasteiger partial charge in [0.15, 0.2) is 0 Å². The Bertz CT molecular complexity index is 169. The summed E-state index contributed by atoms with van der Waals surface area (Å²) >= 11 is 0. The fraction of sp³-hybridized carbons (Fsp3) is 0.625. The van der Waals surface area contributed by atoms with Gasteiger partial charge in [-0.25, -0.2) is 0 Å². The van der Waals surface area contributed by atoms with Gasteiger partial charge in [0.05, 0.1) is 12.6 Å². The number of hydrogen-bond acceptors (Lipinski definition) is 2.